The van der Waals surface area contributed by atoms with Gasteiger partial charge in [-0.25, -0.2) is 14.8 Å². The van der Waals surface area contributed by atoms with Crippen molar-refractivity contribution in [3.05, 3.63) is 35.1 Å². The minimum Gasteiger partial charge on any atom is -0.361 e. The molecule has 180 valence electrons. The molecule has 1 aromatic carbocycles. The summed E-state index contributed by atoms with van der Waals surface area (Å²) in [5.74, 6) is -3.62. The number of hydrogen-bond donors (Lipinski definition) is 4. The van der Waals surface area contributed by atoms with Gasteiger partial charge in [-0.15, -0.1) is 0 Å². The number of aliphatic hydroxyl groups is 1. The number of hydrazine groups is 1. The fraction of sp³-hybridized carbons (Fsp3) is 0.632. The highest BCUT2D eigenvalue weighted by molar-refractivity contribution is 5.81. The molecule has 2 fully saturated rings. The summed E-state index contributed by atoms with van der Waals surface area (Å²) < 4.78 is 92.7. The predicted molar refractivity (Wildman–Crippen MR) is 97.6 cm³/mol. The Morgan fingerprint density at radius 3 is 2.25 bits per heavy atom. The second kappa shape index (κ2) is 8.12. The zero-order chi connectivity index (χ0) is 24.2. The highest BCUT2D eigenvalue weighted by Crippen LogP contribution is 2.44. The third-order valence-corrected chi connectivity index (χ3v) is 5.46. The van der Waals surface area contributed by atoms with Crippen molar-refractivity contribution in [2.45, 2.75) is 64.1 Å². The first-order valence-corrected chi connectivity index (χ1v) is 9.71. The number of halogens is 7. The van der Waals surface area contributed by atoms with Gasteiger partial charge in [0, 0.05) is 6.04 Å². The van der Waals surface area contributed by atoms with Gasteiger partial charge < -0.3 is 10.4 Å². The van der Waals surface area contributed by atoms with Crippen molar-refractivity contribution in [1.29, 1.82) is 0 Å². The summed E-state index contributed by atoms with van der Waals surface area (Å²) in [6.45, 7) is 5.00. The van der Waals surface area contributed by atoms with E-state index in [1.54, 1.807) is 20.8 Å². The van der Waals surface area contributed by atoms with E-state index in [2.05, 4.69) is 16.1 Å². The van der Waals surface area contributed by atoms with Gasteiger partial charge in [0.05, 0.1) is 30.1 Å². The van der Waals surface area contributed by atoms with E-state index in [0.717, 1.165) is 6.07 Å². The molecule has 0 bridgehead atoms. The first-order valence-electron chi connectivity index (χ1n) is 9.71. The maximum absolute atomic E-state index is 14.3. The molecule has 2 heterocycles. The monoisotopic (exact) mass is 472 g/mol. The second-order valence-corrected chi connectivity index (χ2v) is 9.02. The van der Waals surface area contributed by atoms with Crippen molar-refractivity contribution < 1.29 is 40.6 Å². The minimum atomic E-state index is -4.91. The van der Waals surface area contributed by atoms with Crippen molar-refractivity contribution in [3.8, 4) is 0 Å². The average molecular weight is 472 g/mol. The number of nitrogens with one attached hydrogen (secondary N) is 3. The predicted octanol–water partition coefficient (Wildman–Crippen LogP) is 3.01. The van der Waals surface area contributed by atoms with Crippen LogP contribution in [0.25, 0.3) is 0 Å². The minimum absolute atomic E-state index is 0.0594. The normalized spacial score (nSPS) is 28.4. The summed E-state index contributed by atoms with van der Waals surface area (Å²) >= 11 is 0. The Morgan fingerprint density at radius 2 is 1.75 bits per heavy atom. The van der Waals surface area contributed by atoms with E-state index in [9.17, 15) is 40.6 Å². The lowest BCUT2D eigenvalue weighted by molar-refractivity contribution is -0.147. The van der Waals surface area contributed by atoms with Gasteiger partial charge in [-0.2, -0.15) is 26.3 Å². The van der Waals surface area contributed by atoms with Gasteiger partial charge in [0.15, 0.2) is 6.35 Å². The zero-order valence-electron chi connectivity index (χ0n) is 17.3. The number of hydrogen-bond acceptors (Lipinski definition) is 5. The van der Waals surface area contributed by atoms with E-state index in [1.807, 2.05) is 0 Å². The zero-order valence-corrected chi connectivity index (χ0v) is 17.3. The highest BCUT2D eigenvalue weighted by atomic mass is 19.4. The summed E-state index contributed by atoms with van der Waals surface area (Å²) in [5, 5.41) is 15.9. The third kappa shape index (κ3) is 5.00. The SMILES string of the molecule is CC(C)(C)C(c1ccc(C(F)(F)F)c(F)c1)N1NC(CC(F)(F)F)C2C(=O)NC(O)NC21. The molecule has 2 saturated heterocycles. The maximum atomic E-state index is 14.3. The van der Waals surface area contributed by atoms with Gasteiger partial charge >= 0.3 is 12.4 Å². The molecule has 3 rings (SSSR count). The smallest absolute Gasteiger partial charge is 0.361 e. The van der Waals surface area contributed by atoms with Crippen LogP contribution >= 0.6 is 0 Å². The van der Waals surface area contributed by atoms with E-state index >= 15 is 0 Å². The average Bonchev–Trinajstić information content (AvgIpc) is 2.88. The molecular weight excluding hydrogens is 449 g/mol. The number of carbonyl (C=O) groups is 1. The van der Waals surface area contributed by atoms with Crippen molar-refractivity contribution in [2.75, 3.05) is 0 Å². The van der Waals surface area contributed by atoms with Crippen LogP contribution in [0.2, 0.25) is 0 Å². The Hall–Kier alpha value is -1.96. The lowest BCUT2D eigenvalue weighted by Crippen LogP contribution is -2.65. The van der Waals surface area contributed by atoms with Gasteiger partial charge in [-0.1, -0.05) is 26.8 Å². The van der Waals surface area contributed by atoms with Crippen molar-refractivity contribution in [3.63, 3.8) is 0 Å². The van der Waals surface area contributed by atoms with Gasteiger partial charge in [0.2, 0.25) is 5.91 Å². The highest BCUT2D eigenvalue weighted by Gasteiger charge is 2.55. The van der Waals surface area contributed by atoms with E-state index in [1.165, 1.54) is 5.01 Å². The lowest BCUT2D eigenvalue weighted by atomic mass is 9.81. The molecule has 5 atom stereocenters. The molecule has 6 nitrogen and oxygen atoms in total. The second-order valence-electron chi connectivity index (χ2n) is 9.02. The molecule has 0 aliphatic carbocycles. The molecule has 1 amide bonds. The summed E-state index contributed by atoms with van der Waals surface area (Å²) in [6.07, 6.45) is -13.6. The maximum Gasteiger partial charge on any atom is 0.419 e. The number of alkyl halides is 6. The largest absolute Gasteiger partial charge is 0.419 e. The molecule has 0 spiro atoms. The molecule has 4 N–H and O–H groups in total. The Labute approximate surface area is 179 Å². The molecule has 0 saturated carbocycles. The molecule has 13 heteroatoms. The summed E-state index contributed by atoms with van der Waals surface area (Å²) in [4.78, 5) is 12.4. The van der Waals surface area contributed by atoms with Crippen LogP contribution in [-0.4, -0.2) is 40.8 Å². The molecule has 0 radical (unpaired) electrons. The van der Waals surface area contributed by atoms with Crippen LogP contribution in [0.5, 0.6) is 0 Å². The Bertz CT molecular complexity index is 869. The van der Waals surface area contributed by atoms with E-state index < -0.39 is 72.0 Å². The molecule has 1 aromatic rings. The molecule has 2 aliphatic heterocycles. The first-order chi connectivity index (χ1) is 14.5. The molecule has 0 aromatic heterocycles. The van der Waals surface area contributed by atoms with Gasteiger partial charge in [0.25, 0.3) is 0 Å². The van der Waals surface area contributed by atoms with Crippen LogP contribution in [0.1, 0.15) is 44.4 Å². The summed E-state index contributed by atoms with van der Waals surface area (Å²) in [5.41, 5.74) is 0.397. The van der Waals surface area contributed by atoms with Crippen LogP contribution < -0.4 is 16.1 Å². The molecular formula is C19H23F7N4O2. The van der Waals surface area contributed by atoms with E-state index in [-0.39, 0.29) is 5.56 Å². The van der Waals surface area contributed by atoms with E-state index in [0.29, 0.717) is 12.1 Å². The van der Waals surface area contributed by atoms with Gasteiger partial charge in [-0.3, -0.25) is 10.1 Å². The van der Waals surface area contributed by atoms with Gasteiger partial charge in [0.1, 0.15) is 5.82 Å². The number of carbonyl (C=O) groups excluding carboxylic acids is 1. The van der Waals surface area contributed by atoms with E-state index in [4.69, 9.17) is 0 Å². The number of nitrogens with zero attached hydrogens (tertiary/aromatic N) is 1. The summed E-state index contributed by atoms with van der Waals surface area (Å²) in [7, 11) is 0. The molecule has 32 heavy (non-hydrogen) atoms. The number of aliphatic hydroxyl groups excluding tert-OH is 1. The fourth-order valence-corrected chi connectivity index (χ4v) is 4.36. The van der Waals surface area contributed by atoms with Crippen LogP contribution in [0.15, 0.2) is 18.2 Å². The van der Waals surface area contributed by atoms with Crippen molar-refractivity contribution >= 4 is 5.91 Å². The summed E-state index contributed by atoms with van der Waals surface area (Å²) in [6, 6.07) is -0.0689. The van der Waals surface area contributed by atoms with Crippen LogP contribution in [0.3, 0.4) is 0 Å². The number of amides is 1. The van der Waals surface area contributed by atoms with Crippen LogP contribution in [0.4, 0.5) is 30.7 Å². The number of rotatable bonds is 3. The quantitative estimate of drug-likeness (QED) is 0.509. The Kier molecular flexibility index (Phi) is 6.26. The van der Waals surface area contributed by atoms with Crippen molar-refractivity contribution in [1.82, 2.24) is 21.1 Å². The molecule has 2 aliphatic rings. The van der Waals surface area contributed by atoms with Gasteiger partial charge in [-0.05, 0) is 23.1 Å². The third-order valence-electron chi connectivity index (χ3n) is 5.46. The first kappa shape index (κ1) is 24.7. The van der Waals surface area contributed by atoms with Crippen molar-refractivity contribution in [2.24, 2.45) is 11.3 Å². The Morgan fingerprint density at radius 1 is 1.12 bits per heavy atom. The standard InChI is InChI=1S/C19H23F7N4O2/c1-17(2,3)13(8-4-5-9(10(20)6-8)19(24,25)26)30-14-12(15(31)28-16(32)27-14)11(29-30)7-18(21,22)23/h4-6,11-14,16,27,29,32H,7H2,1-3H3,(H,28,31). The van der Waals surface area contributed by atoms with Crippen LogP contribution in [0, 0.1) is 17.2 Å². The number of fused-ring (bicyclic) bond motifs is 1. The molecule has 5 unspecified atom stereocenters. The fourth-order valence-electron chi connectivity index (χ4n) is 4.36. The lowest BCUT2D eigenvalue weighted by Gasteiger charge is -2.43. The number of benzene rings is 1. The Balaban J connectivity index is 2.05. The van der Waals surface area contributed by atoms with Crippen LogP contribution in [-0.2, 0) is 11.0 Å². The topological polar surface area (TPSA) is 76.6 Å².